The van der Waals surface area contributed by atoms with Gasteiger partial charge in [0.1, 0.15) is 6.04 Å². The Balaban J connectivity index is 1.67. The lowest BCUT2D eigenvalue weighted by Gasteiger charge is -2.16. The summed E-state index contributed by atoms with van der Waals surface area (Å²) in [5.74, 6) is -0.757. The van der Waals surface area contributed by atoms with Crippen molar-refractivity contribution < 1.29 is 9.59 Å². The molecule has 0 fully saturated rings. The van der Waals surface area contributed by atoms with Crippen LogP contribution in [0.3, 0.4) is 0 Å². The van der Waals surface area contributed by atoms with Crippen molar-refractivity contribution in [3.8, 4) is 5.69 Å². The van der Waals surface area contributed by atoms with Crippen LogP contribution in [0.15, 0.2) is 72.1 Å². The zero-order chi connectivity index (χ0) is 19.2. The summed E-state index contributed by atoms with van der Waals surface area (Å²) in [4.78, 5) is 28.4. The van der Waals surface area contributed by atoms with E-state index in [4.69, 9.17) is 5.73 Å². The van der Waals surface area contributed by atoms with E-state index in [0.29, 0.717) is 10.7 Å². The molecule has 3 aromatic rings. The number of carbonyl (C=O) groups excluding carboxylic acids is 2. The molecule has 1 unspecified atom stereocenters. The van der Waals surface area contributed by atoms with Gasteiger partial charge < -0.3 is 11.1 Å². The number of para-hydroxylation sites is 1. The number of aromatic nitrogens is 2. The van der Waals surface area contributed by atoms with Crippen molar-refractivity contribution in [2.24, 2.45) is 5.73 Å². The molecule has 27 heavy (non-hydrogen) atoms. The molecule has 3 rings (SSSR count). The maximum absolute atomic E-state index is 12.4. The van der Waals surface area contributed by atoms with Crippen molar-refractivity contribution in [2.75, 3.05) is 5.75 Å². The first-order valence-electron chi connectivity index (χ1n) is 8.42. The van der Waals surface area contributed by atoms with E-state index in [9.17, 15) is 9.59 Å². The third-order valence-corrected chi connectivity index (χ3v) is 5.00. The Kier molecular flexibility index (Phi) is 5.93. The van der Waals surface area contributed by atoms with Gasteiger partial charge in [0.15, 0.2) is 5.16 Å². The molecule has 0 saturated carbocycles. The smallest absolute Gasteiger partial charge is 0.244 e. The summed E-state index contributed by atoms with van der Waals surface area (Å²) in [6, 6.07) is 16.1. The number of hydrogen-bond acceptors (Lipinski definition) is 4. The molecule has 138 valence electrons. The van der Waals surface area contributed by atoms with Crippen LogP contribution in [0, 0.1) is 6.92 Å². The van der Waals surface area contributed by atoms with Gasteiger partial charge >= 0.3 is 0 Å². The van der Waals surface area contributed by atoms with Crippen molar-refractivity contribution in [1.29, 1.82) is 0 Å². The van der Waals surface area contributed by atoms with E-state index >= 15 is 0 Å². The number of carbonyl (C=O) groups is 2. The van der Waals surface area contributed by atoms with Crippen LogP contribution in [0.4, 0.5) is 0 Å². The fourth-order valence-corrected chi connectivity index (χ4v) is 3.49. The highest BCUT2D eigenvalue weighted by Gasteiger charge is 2.20. The Morgan fingerprint density at radius 2 is 1.85 bits per heavy atom. The van der Waals surface area contributed by atoms with Gasteiger partial charge in [0.2, 0.25) is 11.8 Å². The van der Waals surface area contributed by atoms with E-state index in [0.717, 1.165) is 11.3 Å². The monoisotopic (exact) mass is 380 g/mol. The lowest BCUT2D eigenvalue weighted by Crippen LogP contribution is -2.38. The minimum absolute atomic E-state index is 0.125. The minimum Gasteiger partial charge on any atom is -0.368 e. The van der Waals surface area contributed by atoms with Crippen LogP contribution in [0.25, 0.3) is 5.69 Å². The Morgan fingerprint density at radius 1 is 1.15 bits per heavy atom. The first kappa shape index (κ1) is 18.7. The second kappa shape index (κ2) is 8.55. The number of aryl methyl sites for hydroxylation is 1. The second-order valence-electron chi connectivity index (χ2n) is 5.97. The summed E-state index contributed by atoms with van der Waals surface area (Å²) in [5, 5.41) is 3.40. The van der Waals surface area contributed by atoms with Crippen LogP contribution in [0.1, 0.15) is 17.2 Å². The van der Waals surface area contributed by atoms with Crippen molar-refractivity contribution in [3.05, 3.63) is 78.1 Å². The molecular formula is C20H20N4O2S. The quantitative estimate of drug-likeness (QED) is 0.617. The van der Waals surface area contributed by atoms with Crippen molar-refractivity contribution in [2.45, 2.75) is 18.1 Å². The number of nitrogens with two attached hydrogens (primary N) is 1. The van der Waals surface area contributed by atoms with Crippen molar-refractivity contribution >= 4 is 23.6 Å². The number of thioether (sulfide) groups is 1. The first-order chi connectivity index (χ1) is 13.1. The molecule has 0 aliphatic carbocycles. The average molecular weight is 380 g/mol. The number of primary amides is 1. The number of nitrogens with zero attached hydrogens (tertiary/aromatic N) is 2. The fraction of sp³-hybridized carbons (Fsp3) is 0.150. The number of rotatable bonds is 7. The fourth-order valence-electron chi connectivity index (χ4n) is 2.71. The Hall–Kier alpha value is -3.06. The third kappa shape index (κ3) is 4.57. The van der Waals surface area contributed by atoms with Gasteiger partial charge in [-0.3, -0.25) is 14.2 Å². The van der Waals surface area contributed by atoms with Gasteiger partial charge in [-0.2, -0.15) is 0 Å². The Bertz CT molecular complexity index is 940. The lowest BCUT2D eigenvalue weighted by molar-refractivity contribution is -0.126. The van der Waals surface area contributed by atoms with E-state index in [1.165, 1.54) is 11.8 Å². The summed E-state index contributed by atoms with van der Waals surface area (Å²) in [5.41, 5.74) is 8.23. The van der Waals surface area contributed by atoms with Crippen LogP contribution in [0.2, 0.25) is 0 Å². The average Bonchev–Trinajstić information content (AvgIpc) is 3.13. The van der Waals surface area contributed by atoms with Gasteiger partial charge in [0.25, 0.3) is 0 Å². The molecule has 1 heterocycles. The van der Waals surface area contributed by atoms with Crippen LogP contribution in [-0.2, 0) is 9.59 Å². The number of nitrogens with one attached hydrogen (secondary N) is 1. The summed E-state index contributed by atoms with van der Waals surface area (Å²) in [7, 11) is 0. The van der Waals surface area contributed by atoms with E-state index in [1.807, 2.05) is 48.0 Å². The third-order valence-electron chi connectivity index (χ3n) is 4.04. The zero-order valence-electron chi connectivity index (χ0n) is 14.8. The van der Waals surface area contributed by atoms with Gasteiger partial charge in [-0.15, -0.1) is 0 Å². The zero-order valence-corrected chi connectivity index (χ0v) is 15.6. The lowest BCUT2D eigenvalue weighted by atomic mass is 10.1. The van der Waals surface area contributed by atoms with Gasteiger partial charge in [0, 0.05) is 12.4 Å². The number of amides is 2. The maximum Gasteiger partial charge on any atom is 0.244 e. The molecule has 0 spiro atoms. The van der Waals surface area contributed by atoms with Gasteiger partial charge in [0.05, 0.1) is 11.4 Å². The molecular weight excluding hydrogens is 360 g/mol. The predicted molar refractivity (Wildman–Crippen MR) is 106 cm³/mol. The maximum atomic E-state index is 12.4. The van der Waals surface area contributed by atoms with Crippen molar-refractivity contribution in [1.82, 2.24) is 14.9 Å². The second-order valence-corrected chi connectivity index (χ2v) is 6.91. The molecule has 0 radical (unpaired) electrons. The van der Waals surface area contributed by atoms with Gasteiger partial charge in [-0.25, -0.2) is 4.98 Å². The molecule has 2 aromatic carbocycles. The highest BCUT2D eigenvalue weighted by Crippen LogP contribution is 2.22. The summed E-state index contributed by atoms with van der Waals surface area (Å²) < 4.78 is 1.94. The molecule has 0 aliphatic heterocycles. The normalized spacial score (nSPS) is 11.7. The van der Waals surface area contributed by atoms with Crippen LogP contribution in [-0.4, -0.2) is 27.1 Å². The first-order valence-corrected chi connectivity index (χ1v) is 9.40. The standard InChI is InChI=1S/C20H20N4O2S/c1-14-7-5-6-10-16(14)24-12-11-22-20(24)27-13-17(25)23-18(19(21)26)15-8-3-2-4-9-15/h2-12,18H,13H2,1H3,(H2,21,26)(H,23,25). The number of imidazole rings is 1. The summed E-state index contributed by atoms with van der Waals surface area (Å²) in [6.45, 7) is 2.02. The number of hydrogen-bond donors (Lipinski definition) is 2. The molecule has 1 atom stereocenters. The Morgan fingerprint density at radius 3 is 2.56 bits per heavy atom. The molecule has 0 saturated heterocycles. The summed E-state index contributed by atoms with van der Waals surface area (Å²) >= 11 is 1.30. The molecule has 0 bridgehead atoms. The van der Waals surface area contributed by atoms with Crippen molar-refractivity contribution in [3.63, 3.8) is 0 Å². The SMILES string of the molecule is Cc1ccccc1-n1ccnc1SCC(=O)NC(C(N)=O)c1ccccc1. The van der Waals surface area contributed by atoms with Crippen LogP contribution in [0.5, 0.6) is 0 Å². The highest BCUT2D eigenvalue weighted by atomic mass is 32.2. The highest BCUT2D eigenvalue weighted by molar-refractivity contribution is 7.99. The minimum atomic E-state index is -0.851. The predicted octanol–water partition coefficient (Wildman–Crippen LogP) is 2.62. The molecule has 3 N–H and O–H groups in total. The molecule has 1 aromatic heterocycles. The number of benzene rings is 2. The molecule has 0 aliphatic rings. The summed E-state index contributed by atoms with van der Waals surface area (Å²) in [6.07, 6.45) is 3.56. The molecule has 6 nitrogen and oxygen atoms in total. The van der Waals surface area contributed by atoms with Gasteiger partial charge in [-0.1, -0.05) is 60.3 Å². The molecule has 7 heteroatoms. The van der Waals surface area contributed by atoms with Crippen LogP contribution < -0.4 is 11.1 Å². The van der Waals surface area contributed by atoms with E-state index < -0.39 is 11.9 Å². The Labute approximate surface area is 161 Å². The largest absolute Gasteiger partial charge is 0.368 e. The van der Waals surface area contributed by atoms with Crippen LogP contribution >= 0.6 is 11.8 Å². The van der Waals surface area contributed by atoms with E-state index in [-0.39, 0.29) is 11.7 Å². The van der Waals surface area contributed by atoms with Gasteiger partial charge in [-0.05, 0) is 24.1 Å². The van der Waals surface area contributed by atoms with E-state index in [2.05, 4.69) is 10.3 Å². The topological polar surface area (TPSA) is 90.0 Å². The molecule has 2 amide bonds. The van der Waals surface area contributed by atoms with E-state index in [1.54, 1.807) is 30.5 Å².